The number of carbonyl (C=O) groups excluding carboxylic acids is 1. The quantitative estimate of drug-likeness (QED) is 0.789. The van der Waals surface area contributed by atoms with Crippen LogP contribution in [0.3, 0.4) is 0 Å². The Balaban J connectivity index is 1.88. The van der Waals surface area contributed by atoms with Crippen LogP contribution < -0.4 is 5.56 Å². The number of aromatic nitrogens is 2. The predicted molar refractivity (Wildman–Crippen MR) is 102 cm³/mol. The topological polar surface area (TPSA) is 79.0 Å². The summed E-state index contributed by atoms with van der Waals surface area (Å²) in [5, 5.41) is 13.5. The van der Waals surface area contributed by atoms with Gasteiger partial charge in [0.1, 0.15) is 18.2 Å². The summed E-state index contributed by atoms with van der Waals surface area (Å²) in [7, 11) is 0. The zero-order valence-electron chi connectivity index (χ0n) is 16.0. The number of nitrogens with zero attached hydrogens (tertiary/aromatic N) is 4. The smallest absolute Gasteiger partial charge is 0.285 e. The number of rotatable bonds is 6. The molecular formula is C21H24N4O2. The molecule has 1 saturated carbocycles. The van der Waals surface area contributed by atoms with E-state index in [0.717, 1.165) is 23.1 Å². The molecular weight excluding hydrogens is 340 g/mol. The maximum absolute atomic E-state index is 13.1. The van der Waals surface area contributed by atoms with E-state index >= 15 is 0 Å². The predicted octanol–water partition coefficient (Wildman–Crippen LogP) is 2.56. The summed E-state index contributed by atoms with van der Waals surface area (Å²) in [6.45, 7) is 5.85. The van der Waals surface area contributed by atoms with Gasteiger partial charge in [-0.05, 0) is 50.7 Å². The van der Waals surface area contributed by atoms with Gasteiger partial charge in [-0.15, -0.1) is 0 Å². The molecule has 1 aromatic carbocycles. The Labute approximate surface area is 159 Å². The second-order valence-corrected chi connectivity index (χ2v) is 7.25. The van der Waals surface area contributed by atoms with Crippen LogP contribution in [0.15, 0.2) is 35.1 Å². The standard InChI is InChI=1S/C21H24N4O2/c1-14-15(2)23-25(21(27)19(14)11-22)13-20(26)24(16(3)18-9-10-18)12-17-7-5-4-6-8-17/h4-8,16,18H,9-10,12-13H2,1-3H3/t16-/m0/s1. The Bertz CT molecular complexity index is 939. The molecule has 0 aliphatic heterocycles. The lowest BCUT2D eigenvalue weighted by Crippen LogP contribution is -2.43. The third-order valence-electron chi connectivity index (χ3n) is 5.35. The fourth-order valence-corrected chi connectivity index (χ4v) is 3.30. The van der Waals surface area contributed by atoms with Gasteiger partial charge >= 0.3 is 0 Å². The van der Waals surface area contributed by atoms with Crippen molar-refractivity contribution in [2.24, 2.45) is 5.92 Å². The summed E-state index contributed by atoms with van der Waals surface area (Å²) in [6.07, 6.45) is 2.25. The molecule has 1 aliphatic rings. The van der Waals surface area contributed by atoms with E-state index in [1.54, 1.807) is 13.8 Å². The third kappa shape index (κ3) is 4.08. The highest BCUT2D eigenvalue weighted by Crippen LogP contribution is 2.35. The minimum atomic E-state index is -0.507. The normalized spacial score (nSPS) is 14.4. The molecule has 2 aromatic rings. The molecule has 0 saturated heterocycles. The van der Waals surface area contributed by atoms with Crippen LogP contribution in [0.4, 0.5) is 0 Å². The Morgan fingerprint density at radius 2 is 2.00 bits per heavy atom. The molecule has 3 rings (SSSR count). The number of benzene rings is 1. The van der Waals surface area contributed by atoms with Crippen LogP contribution in [-0.2, 0) is 17.9 Å². The van der Waals surface area contributed by atoms with Gasteiger partial charge in [0, 0.05) is 12.6 Å². The number of aryl methyl sites for hydroxylation is 1. The number of carbonyl (C=O) groups is 1. The SMILES string of the molecule is Cc1nn(CC(=O)N(Cc2ccccc2)[C@@H](C)C2CC2)c(=O)c(C#N)c1C. The van der Waals surface area contributed by atoms with Crippen molar-refractivity contribution in [3.8, 4) is 6.07 Å². The Kier molecular flexibility index (Phi) is 5.41. The molecule has 6 heteroatoms. The summed E-state index contributed by atoms with van der Waals surface area (Å²) in [4.78, 5) is 27.4. The highest BCUT2D eigenvalue weighted by molar-refractivity contribution is 5.76. The molecule has 1 atom stereocenters. The first kappa shape index (κ1) is 18.8. The molecule has 140 valence electrons. The monoisotopic (exact) mass is 364 g/mol. The van der Waals surface area contributed by atoms with Crippen molar-refractivity contribution in [1.82, 2.24) is 14.7 Å². The third-order valence-corrected chi connectivity index (χ3v) is 5.35. The number of amides is 1. The molecule has 0 unspecified atom stereocenters. The molecule has 1 aliphatic carbocycles. The summed E-state index contributed by atoms with van der Waals surface area (Å²) in [5.74, 6) is 0.358. The van der Waals surface area contributed by atoms with E-state index in [9.17, 15) is 14.9 Å². The van der Waals surface area contributed by atoms with E-state index in [0.29, 0.717) is 23.7 Å². The van der Waals surface area contributed by atoms with Crippen molar-refractivity contribution in [1.29, 1.82) is 5.26 Å². The molecule has 6 nitrogen and oxygen atoms in total. The lowest BCUT2D eigenvalue weighted by molar-refractivity contribution is -0.135. The maximum atomic E-state index is 13.1. The van der Waals surface area contributed by atoms with E-state index in [-0.39, 0.29) is 24.1 Å². The van der Waals surface area contributed by atoms with Gasteiger partial charge in [0.2, 0.25) is 5.91 Å². The summed E-state index contributed by atoms with van der Waals surface area (Å²) in [5.41, 5.74) is 1.76. The molecule has 1 fully saturated rings. The van der Waals surface area contributed by atoms with E-state index in [1.165, 1.54) is 0 Å². The molecule has 0 spiro atoms. The summed E-state index contributed by atoms with van der Waals surface area (Å²) in [6, 6.07) is 11.9. The average molecular weight is 364 g/mol. The van der Waals surface area contributed by atoms with Gasteiger partial charge in [0.15, 0.2) is 0 Å². The first-order valence-corrected chi connectivity index (χ1v) is 9.24. The molecule has 0 bridgehead atoms. The Morgan fingerprint density at radius 1 is 1.33 bits per heavy atom. The molecule has 0 radical (unpaired) electrons. The van der Waals surface area contributed by atoms with Crippen molar-refractivity contribution in [2.75, 3.05) is 0 Å². The molecule has 1 amide bonds. The van der Waals surface area contributed by atoms with Crippen LogP contribution >= 0.6 is 0 Å². The largest absolute Gasteiger partial charge is 0.334 e. The van der Waals surface area contributed by atoms with Crippen LogP contribution in [0, 0.1) is 31.1 Å². The minimum Gasteiger partial charge on any atom is -0.334 e. The van der Waals surface area contributed by atoms with Gasteiger partial charge in [-0.3, -0.25) is 9.59 Å². The second-order valence-electron chi connectivity index (χ2n) is 7.25. The van der Waals surface area contributed by atoms with Crippen molar-refractivity contribution in [2.45, 2.75) is 52.7 Å². The molecule has 0 N–H and O–H groups in total. The van der Waals surface area contributed by atoms with E-state index in [1.807, 2.05) is 41.3 Å². The molecule has 1 aromatic heterocycles. The minimum absolute atomic E-state index is 0.0557. The van der Waals surface area contributed by atoms with E-state index < -0.39 is 5.56 Å². The average Bonchev–Trinajstić information content (AvgIpc) is 3.50. The van der Waals surface area contributed by atoms with Gasteiger partial charge in [0.25, 0.3) is 5.56 Å². The Hall–Kier alpha value is -2.94. The van der Waals surface area contributed by atoms with Crippen LogP contribution in [0.1, 0.15) is 42.1 Å². The van der Waals surface area contributed by atoms with Gasteiger partial charge in [-0.25, -0.2) is 4.68 Å². The van der Waals surface area contributed by atoms with Crippen LogP contribution in [0.2, 0.25) is 0 Å². The number of hydrogen-bond donors (Lipinski definition) is 0. The zero-order valence-corrected chi connectivity index (χ0v) is 16.0. The second kappa shape index (κ2) is 7.75. The zero-order chi connectivity index (χ0) is 19.6. The highest BCUT2D eigenvalue weighted by Gasteiger charge is 2.34. The number of hydrogen-bond acceptors (Lipinski definition) is 4. The highest BCUT2D eigenvalue weighted by atomic mass is 16.2. The van der Waals surface area contributed by atoms with Crippen molar-refractivity contribution in [3.63, 3.8) is 0 Å². The first-order valence-electron chi connectivity index (χ1n) is 9.24. The molecule has 1 heterocycles. The number of nitriles is 1. The lowest BCUT2D eigenvalue weighted by Gasteiger charge is -2.30. The van der Waals surface area contributed by atoms with Crippen molar-refractivity contribution in [3.05, 3.63) is 63.1 Å². The summed E-state index contributed by atoms with van der Waals surface area (Å²) >= 11 is 0. The fourth-order valence-electron chi connectivity index (χ4n) is 3.30. The summed E-state index contributed by atoms with van der Waals surface area (Å²) < 4.78 is 1.13. The van der Waals surface area contributed by atoms with Gasteiger partial charge in [0.05, 0.1) is 5.69 Å². The Morgan fingerprint density at radius 3 is 2.59 bits per heavy atom. The molecule has 27 heavy (non-hydrogen) atoms. The first-order chi connectivity index (χ1) is 12.9. The van der Waals surface area contributed by atoms with Gasteiger partial charge < -0.3 is 4.90 Å². The van der Waals surface area contributed by atoms with Crippen LogP contribution in [0.25, 0.3) is 0 Å². The van der Waals surface area contributed by atoms with Gasteiger partial charge in [-0.2, -0.15) is 10.4 Å². The maximum Gasteiger partial charge on any atom is 0.285 e. The van der Waals surface area contributed by atoms with E-state index in [2.05, 4.69) is 12.0 Å². The van der Waals surface area contributed by atoms with Gasteiger partial charge in [-0.1, -0.05) is 30.3 Å². The fraction of sp³-hybridized carbons (Fsp3) is 0.429. The van der Waals surface area contributed by atoms with Crippen molar-refractivity contribution >= 4 is 5.91 Å². The van der Waals surface area contributed by atoms with Crippen LogP contribution in [-0.4, -0.2) is 26.6 Å². The van der Waals surface area contributed by atoms with Crippen molar-refractivity contribution < 1.29 is 4.79 Å². The lowest BCUT2D eigenvalue weighted by atomic mass is 10.1. The van der Waals surface area contributed by atoms with Crippen LogP contribution in [0.5, 0.6) is 0 Å². The van der Waals surface area contributed by atoms with E-state index in [4.69, 9.17) is 0 Å².